The van der Waals surface area contributed by atoms with E-state index in [-0.39, 0.29) is 6.61 Å². The van der Waals surface area contributed by atoms with Crippen LogP contribution in [0.5, 0.6) is 5.75 Å². The Morgan fingerprint density at radius 1 is 1.25 bits per heavy atom. The van der Waals surface area contributed by atoms with E-state index < -0.39 is 0 Å². The fourth-order valence-corrected chi connectivity index (χ4v) is 3.19. The largest absolute Gasteiger partial charge is 0.495 e. The highest BCUT2D eigenvalue weighted by atomic mass is 79.9. The van der Waals surface area contributed by atoms with Crippen LogP contribution in [0.2, 0.25) is 5.02 Å². The first kappa shape index (κ1) is 17.0. The number of fused-ring (bicyclic) bond motifs is 1. The van der Waals surface area contributed by atoms with Crippen molar-refractivity contribution in [3.8, 4) is 5.75 Å². The van der Waals surface area contributed by atoms with Gasteiger partial charge in [-0.1, -0.05) is 33.6 Å². The molecule has 124 valence electrons. The number of hydrogen-bond donors (Lipinski definition) is 2. The fourth-order valence-electron chi connectivity index (χ4n) is 2.55. The number of methoxy groups -OCH3 is 1. The smallest absolute Gasteiger partial charge is 0.137 e. The van der Waals surface area contributed by atoms with Gasteiger partial charge in [-0.3, -0.25) is 4.98 Å². The van der Waals surface area contributed by atoms with Crippen molar-refractivity contribution in [3.05, 3.63) is 63.2 Å². The Kier molecular flexibility index (Phi) is 5.23. The molecule has 1 heterocycles. The number of halogens is 2. The van der Waals surface area contributed by atoms with Crippen LogP contribution in [-0.2, 0) is 13.2 Å². The van der Waals surface area contributed by atoms with Gasteiger partial charge in [0.25, 0.3) is 0 Å². The van der Waals surface area contributed by atoms with Crippen molar-refractivity contribution in [3.63, 3.8) is 0 Å². The number of aliphatic hydroxyl groups excluding tert-OH is 1. The quantitative estimate of drug-likeness (QED) is 0.640. The third kappa shape index (κ3) is 3.48. The Balaban J connectivity index is 1.94. The molecule has 0 atom stereocenters. The molecule has 3 rings (SSSR count). The molecule has 2 aromatic carbocycles. The van der Waals surface area contributed by atoms with Crippen LogP contribution in [0.1, 0.15) is 11.1 Å². The summed E-state index contributed by atoms with van der Waals surface area (Å²) in [5.74, 6) is 0.648. The Hall–Kier alpha value is -1.82. The molecule has 0 fully saturated rings. The standard InChI is InChI=1S/C18H16BrClN2O2/c1-24-17-5-2-11(6-15(17)20)8-22-18-12(10-23)9-21-16-4-3-13(19)7-14(16)18/h2-7,9,23H,8,10H2,1H3,(H,21,22). The number of nitrogens with zero attached hydrogens (tertiary/aromatic N) is 1. The average Bonchev–Trinajstić information content (AvgIpc) is 2.59. The summed E-state index contributed by atoms with van der Waals surface area (Å²) in [5.41, 5.74) is 3.51. The molecule has 0 saturated heterocycles. The molecule has 0 amide bonds. The lowest BCUT2D eigenvalue weighted by atomic mass is 10.1. The van der Waals surface area contributed by atoms with E-state index in [2.05, 4.69) is 26.2 Å². The van der Waals surface area contributed by atoms with Gasteiger partial charge in [0.2, 0.25) is 0 Å². The zero-order chi connectivity index (χ0) is 17.1. The molecule has 2 N–H and O–H groups in total. The maximum absolute atomic E-state index is 9.63. The maximum atomic E-state index is 9.63. The Morgan fingerprint density at radius 3 is 2.79 bits per heavy atom. The number of aromatic nitrogens is 1. The first-order chi connectivity index (χ1) is 11.6. The highest BCUT2D eigenvalue weighted by Gasteiger charge is 2.09. The topological polar surface area (TPSA) is 54.4 Å². The van der Waals surface area contributed by atoms with Crippen LogP contribution < -0.4 is 10.1 Å². The molecule has 0 radical (unpaired) electrons. The number of pyridine rings is 1. The van der Waals surface area contributed by atoms with Crippen molar-refractivity contribution in [2.75, 3.05) is 12.4 Å². The van der Waals surface area contributed by atoms with Crippen LogP contribution >= 0.6 is 27.5 Å². The molecule has 0 bridgehead atoms. The molecule has 6 heteroatoms. The lowest BCUT2D eigenvalue weighted by Crippen LogP contribution is -2.04. The number of nitrogens with one attached hydrogen (secondary N) is 1. The van der Waals surface area contributed by atoms with E-state index >= 15 is 0 Å². The van der Waals surface area contributed by atoms with Gasteiger partial charge in [-0.25, -0.2) is 0 Å². The van der Waals surface area contributed by atoms with Gasteiger partial charge < -0.3 is 15.2 Å². The summed E-state index contributed by atoms with van der Waals surface area (Å²) in [6.07, 6.45) is 1.69. The number of rotatable bonds is 5. The van der Waals surface area contributed by atoms with Crippen molar-refractivity contribution < 1.29 is 9.84 Å². The predicted molar refractivity (Wildman–Crippen MR) is 101 cm³/mol. The van der Waals surface area contributed by atoms with Gasteiger partial charge in [0, 0.05) is 28.2 Å². The average molecular weight is 408 g/mol. The Morgan fingerprint density at radius 2 is 2.08 bits per heavy atom. The van der Waals surface area contributed by atoms with Gasteiger partial charge in [0.05, 0.1) is 29.9 Å². The zero-order valence-electron chi connectivity index (χ0n) is 13.0. The predicted octanol–water partition coefficient (Wildman–Crippen LogP) is 4.76. The second-order valence-corrected chi connectivity index (χ2v) is 6.62. The van der Waals surface area contributed by atoms with Crippen LogP contribution in [0.15, 0.2) is 47.1 Å². The molecule has 24 heavy (non-hydrogen) atoms. The van der Waals surface area contributed by atoms with E-state index in [1.54, 1.807) is 13.3 Å². The summed E-state index contributed by atoms with van der Waals surface area (Å²) in [4.78, 5) is 4.39. The summed E-state index contributed by atoms with van der Waals surface area (Å²) in [7, 11) is 1.59. The second-order valence-electron chi connectivity index (χ2n) is 5.30. The fraction of sp³-hybridized carbons (Fsp3) is 0.167. The van der Waals surface area contributed by atoms with E-state index in [4.69, 9.17) is 16.3 Å². The van der Waals surface area contributed by atoms with Crippen LogP contribution in [0.3, 0.4) is 0 Å². The maximum Gasteiger partial charge on any atom is 0.137 e. The lowest BCUT2D eigenvalue weighted by molar-refractivity contribution is 0.282. The summed E-state index contributed by atoms with van der Waals surface area (Å²) < 4.78 is 6.13. The zero-order valence-corrected chi connectivity index (χ0v) is 15.4. The highest BCUT2D eigenvalue weighted by Crippen LogP contribution is 2.30. The van der Waals surface area contributed by atoms with Crippen molar-refractivity contribution in [1.82, 2.24) is 4.98 Å². The minimum atomic E-state index is -0.0822. The lowest BCUT2D eigenvalue weighted by Gasteiger charge is -2.14. The van der Waals surface area contributed by atoms with Gasteiger partial charge in [0.15, 0.2) is 0 Å². The Bertz CT molecular complexity index is 886. The van der Waals surface area contributed by atoms with Crippen molar-refractivity contribution in [2.24, 2.45) is 0 Å². The molecule has 1 aromatic heterocycles. The summed E-state index contributed by atoms with van der Waals surface area (Å²) >= 11 is 9.66. The molecular weight excluding hydrogens is 392 g/mol. The first-order valence-electron chi connectivity index (χ1n) is 7.36. The van der Waals surface area contributed by atoms with E-state index in [9.17, 15) is 5.11 Å². The van der Waals surface area contributed by atoms with Gasteiger partial charge >= 0.3 is 0 Å². The molecule has 0 spiro atoms. The van der Waals surface area contributed by atoms with Gasteiger partial charge in [-0.2, -0.15) is 0 Å². The number of anilines is 1. The van der Waals surface area contributed by atoms with E-state index in [0.717, 1.165) is 32.2 Å². The minimum absolute atomic E-state index is 0.0822. The molecule has 4 nitrogen and oxygen atoms in total. The van der Waals surface area contributed by atoms with E-state index in [1.807, 2.05) is 36.4 Å². The van der Waals surface area contributed by atoms with Gasteiger partial charge in [-0.15, -0.1) is 0 Å². The summed E-state index contributed by atoms with van der Waals surface area (Å²) in [6, 6.07) is 11.5. The Labute approximate surface area is 153 Å². The van der Waals surface area contributed by atoms with E-state index in [0.29, 0.717) is 17.3 Å². The molecule has 0 saturated carbocycles. The third-order valence-corrected chi connectivity index (χ3v) is 4.55. The van der Waals surface area contributed by atoms with E-state index in [1.165, 1.54) is 0 Å². The molecule has 0 aliphatic carbocycles. The number of aliphatic hydroxyl groups is 1. The monoisotopic (exact) mass is 406 g/mol. The van der Waals surface area contributed by atoms with Crippen LogP contribution in [0.25, 0.3) is 10.9 Å². The number of benzene rings is 2. The highest BCUT2D eigenvalue weighted by molar-refractivity contribution is 9.10. The van der Waals surface area contributed by atoms with Gasteiger partial charge in [-0.05, 0) is 35.9 Å². The summed E-state index contributed by atoms with van der Waals surface area (Å²) in [5, 5.41) is 14.5. The normalized spacial score (nSPS) is 10.8. The molecule has 3 aromatic rings. The second kappa shape index (κ2) is 7.38. The van der Waals surface area contributed by atoms with Crippen LogP contribution in [0, 0.1) is 0 Å². The van der Waals surface area contributed by atoms with Crippen LogP contribution in [0.4, 0.5) is 5.69 Å². The van der Waals surface area contributed by atoms with Gasteiger partial charge in [0.1, 0.15) is 5.75 Å². The first-order valence-corrected chi connectivity index (χ1v) is 8.53. The number of ether oxygens (including phenoxy) is 1. The molecule has 0 unspecified atom stereocenters. The molecule has 0 aliphatic rings. The molecule has 0 aliphatic heterocycles. The van der Waals surface area contributed by atoms with Crippen molar-refractivity contribution in [1.29, 1.82) is 0 Å². The summed E-state index contributed by atoms with van der Waals surface area (Å²) in [6.45, 7) is 0.490. The SMILES string of the molecule is COc1ccc(CNc2c(CO)cnc3ccc(Br)cc23)cc1Cl. The van der Waals surface area contributed by atoms with Crippen molar-refractivity contribution in [2.45, 2.75) is 13.2 Å². The third-order valence-electron chi connectivity index (χ3n) is 3.76. The minimum Gasteiger partial charge on any atom is -0.495 e. The number of hydrogen-bond acceptors (Lipinski definition) is 4. The van der Waals surface area contributed by atoms with Crippen LogP contribution in [-0.4, -0.2) is 17.2 Å². The molecular formula is C18H16BrClN2O2. The van der Waals surface area contributed by atoms with Crippen molar-refractivity contribution >= 4 is 44.1 Å².